The van der Waals surface area contributed by atoms with Crippen LogP contribution in [0.2, 0.25) is 0 Å². The first-order chi connectivity index (χ1) is 36.8. The lowest BCUT2D eigenvalue weighted by molar-refractivity contribution is 0.195. The molecule has 16 rings (SSSR count). The highest BCUT2D eigenvalue weighted by Gasteiger charge is 2.58. The molecule has 0 amide bonds. The lowest BCUT2D eigenvalue weighted by Crippen LogP contribution is -2.61. The van der Waals surface area contributed by atoms with Crippen molar-refractivity contribution in [1.29, 1.82) is 0 Å². The van der Waals surface area contributed by atoms with Gasteiger partial charge in [0, 0.05) is 72.8 Å². The largest absolute Gasteiger partial charge is 0.456 e. The first kappa shape index (κ1) is 42.7. The summed E-state index contributed by atoms with van der Waals surface area (Å²) in [4.78, 5) is 7.80. The summed E-state index contributed by atoms with van der Waals surface area (Å²) in [5, 5.41) is 4.47. The molecule has 1 aliphatic carbocycles. The van der Waals surface area contributed by atoms with Crippen LogP contribution < -0.4 is 31.1 Å². The van der Waals surface area contributed by atoms with Gasteiger partial charge in [0.15, 0.2) is 5.58 Å². The van der Waals surface area contributed by atoms with Crippen molar-refractivity contribution in [2.24, 2.45) is 0 Å². The highest BCUT2D eigenvalue weighted by atomic mass is 16.3. The molecule has 0 spiro atoms. The van der Waals surface area contributed by atoms with E-state index in [1.807, 2.05) is 6.07 Å². The SMILES string of the molecule is Cc1cc2c3c(c1)N(c1cccc4c1oc1ccccc14)c1cc(N4c5ccc(-c6ccccc6)cc5C5(C)CCCCC45C)ccc1B3c1ccc(-c3ccccc3)cc1N2c1ccc2c(c1)oc1ccccc12. The molecule has 0 N–H and O–H groups in total. The number of rotatable bonds is 5. The molecule has 5 nitrogen and oxygen atoms in total. The van der Waals surface area contributed by atoms with Crippen molar-refractivity contribution < 1.29 is 8.83 Å². The first-order valence-corrected chi connectivity index (χ1v) is 26.7. The predicted octanol–water partition coefficient (Wildman–Crippen LogP) is 17.0. The van der Waals surface area contributed by atoms with Crippen LogP contribution in [-0.2, 0) is 5.41 Å². The third-order valence-corrected chi connectivity index (χ3v) is 18.0. The van der Waals surface area contributed by atoms with E-state index in [1.165, 1.54) is 79.7 Å². The third-order valence-electron chi connectivity index (χ3n) is 18.0. The van der Waals surface area contributed by atoms with Crippen molar-refractivity contribution in [2.75, 3.05) is 14.7 Å². The summed E-state index contributed by atoms with van der Waals surface area (Å²) < 4.78 is 13.7. The molecule has 0 radical (unpaired) electrons. The Morgan fingerprint density at radius 1 is 0.413 bits per heavy atom. The minimum absolute atomic E-state index is 0.0485. The Kier molecular flexibility index (Phi) is 8.91. The van der Waals surface area contributed by atoms with Gasteiger partial charge in [-0.05, 0) is 149 Å². The molecule has 2 unspecified atom stereocenters. The zero-order valence-corrected chi connectivity index (χ0v) is 42.3. The summed E-state index contributed by atoms with van der Waals surface area (Å²) in [6, 6.07) is 78.7. The number of nitrogens with zero attached hydrogens (tertiary/aromatic N) is 3. The second-order valence-corrected chi connectivity index (χ2v) is 22.0. The van der Waals surface area contributed by atoms with Gasteiger partial charge in [-0.1, -0.05) is 153 Å². The van der Waals surface area contributed by atoms with Gasteiger partial charge in [-0.25, -0.2) is 0 Å². The van der Waals surface area contributed by atoms with Gasteiger partial charge in [-0.3, -0.25) is 0 Å². The molecule has 3 aliphatic heterocycles. The van der Waals surface area contributed by atoms with E-state index in [9.17, 15) is 0 Å². The molecule has 10 aromatic carbocycles. The maximum absolute atomic E-state index is 7.01. The topological polar surface area (TPSA) is 36.0 Å². The highest BCUT2D eigenvalue weighted by molar-refractivity contribution is 7.00. The number of fused-ring (bicyclic) bond motifs is 13. The van der Waals surface area contributed by atoms with E-state index >= 15 is 0 Å². The first-order valence-electron chi connectivity index (χ1n) is 26.7. The van der Waals surface area contributed by atoms with Crippen LogP contribution in [0.3, 0.4) is 0 Å². The van der Waals surface area contributed by atoms with Crippen LogP contribution >= 0.6 is 0 Å². The van der Waals surface area contributed by atoms with Crippen molar-refractivity contribution in [3.05, 3.63) is 223 Å². The lowest BCUT2D eigenvalue weighted by atomic mass is 9.33. The molecular weight excluding hydrogens is 914 g/mol. The van der Waals surface area contributed by atoms with E-state index < -0.39 is 0 Å². The summed E-state index contributed by atoms with van der Waals surface area (Å²) in [6.45, 7) is 7.27. The number of aryl methyl sites for hydroxylation is 1. The van der Waals surface area contributed by atoms with Crippen LogP contribution in [0.4, 0.5) is 45.5 Å². The lowest BCUT2D eigenvalue weighted by Gasteiger charge is -2.50. The second-order valence-electron chi connectivity index (χ2n) is 22.0. The molecule has 2 aromatic heterocycles. The summed E-state index contributed by atoms with van der Waals surface area (Å²) in [5.74, 6) is 0. The molecule has 6 heteroatoms. The fraction of sp³-hybridized carbons (Fsp3) is 0.130. The molecule has 1 fully saturated rings. The van der Waals surface area contributed by atoms with Gasteiger partial charge in [0.05, 0.1) is 11.2 Å². The van der Waals surface area contributed by atoms with Gasteiger partial charge in [0.1, 0.15) is 16.7 Å². The van der Waals surface area contributed by atoms with E-state index in [1.54, 1.807) is 0 Å². The Balaban J connectivity index is 0.967. The monoisotopic (exact) mass is 965 g/mol. The fourth-order valence-corrected chi connectivity index (χ4v) is 14.3. The maximum atomic E-state index is 7.01. The Morgan fingerprint density at radius 3 is 1.79 bits per heavy atom. The number of para-hydroxylation sites is 3. The van der Waals surface area contributed by atoms with Crippen molar-refractivity contribution in [3.63, 3.8) is 0 Å². The highest BCUT2D eigenvalue weighted by Crippen LogP contribution is 2.62. The average Bonchev–Trinajstić information content (AvgIpc) is 4.29. The smallest absolute Gasteiger partial charge is 0.252 e. The van der Waals surface area contributed by atoms with Crippen molar-refractivity contribution in [2.45, 2.75) is 57.4 Å². The maximum Gasteiger partial charge on any atom is 0.252 e. The molecule has 0 bridgehead atoms. The van der Waals surface area contributed by atoms with Gasteiger partial charge in [0.25, 0.3) is 6.71 Å². The Labute approximate surface area is 437 Å². The summed E-state index contributed by atoms with van der Waals surface area (Å²) in [6.07, 6.45) is 4.68. The summed E-state index contributed by atoms with van der Waals surface area (Å²) in [5.41, 5.74) is 23.9. The minimum atomic E-state index is -0.149. The normalized spacial score (nSPS) is 18.4. The summed E-state index contributed by atoms with van der Waals surface area (Å²) in [7, 11) is 0. The molecule has 1 saturated carbocycles. The van der Waals surface area contributed by atoms with E-state index in [0.29, 0.717) is 0 Å². The van der Waals surface area contributed by atoms with Gasteiger partial charge in [-0.15, -0.1) is 0 Å². The van der Waals surface area contributed by atoms with E-state index in [4.69, 9.17) is 8.83 Å². The van der Waals surface area contributed by atoms with Crippen LogP contribution in [-0.4, -0.2) is 12.3 Å². The second kappa shape index (κ2) is 15.6. The van der Waals surface area contributed by atoms with Crippen LogP contribution in [0.1, 0.15) is 50.7 Å². The third kappa shape index (κ3) is 5.97. The standard InChI is InChI=1S/C69H52BN3O2/c1-43-37-61-66-62(38-43)72(58-24-16-23-53-51-22-11-13-26-64(51)75-67(53)58)60-41-49(73-57-34-28-46(44-17-6-4-7-18-44)39-54(57)68(2)35-14-15-36-69(68,73)3)30-33-56(60)70(66)55-32-27-47(45-19-8-5-9-20-45)40-59(55)71(61)48-29-31-52-50-21-10-12-25-63(50)74-65(52)42-48/h4-13,16-34,37-42H,14-15,35-36H2,1-3H3. The Morgan fingerprint density at radius 2 is 1.01 bits per heavy atom. The molecular formula is C69H52BN3O2. The Hall–Kier alpha value is -8.74. The number of hydrogen-bond acceptors (Lipinski definition) is 5. The van der Waals surface area contributed by atoms with Crippen molar-refractivity contribution in [3.8, 4) is 22.3 Å². The van der Waals surface area contributed by atoms with E-state index in [2.05, 4.69) is 242 Å². The number of furan rings is 2. The quantitative estimate of drug-likeness (QED) is 0.161. The fourth-order valence-electron chi connectivity index (χ4n) is 14.3. The average molecular weight is 966 g/mol. The molecule has 4 aliphatic rings. The van der Waals surface area contributed by atoms with Crippen molar-refractivity contribution >= 4 is 112 Å². The van der Waals surface area contributed by atoms with Crippen molar-refractivity contribution in [1.82, 2.24) is 0 Å². The predicted molar refractivity (Wildman–Crippen MR) is 313 cm³/mol. The zero-order valence-electron chi connectivity index (χ0n) is 42.3. The van der Waals surface area contributed by atoms with Gasteiger partial charge in [0.2, 0.25) is 0 Å². The van der Waals surface area contributed by atoms with Gasteiger partial charge >= 0.3 is 0 Å². The van der Waals surface area contributed by atoms with Crippen LogP contribution in [0.5, 0.6) is 0 Å². The van der Waals surface area contributed by atoms with E-state index in [0.717, 1.165) is 85.2 Å². The summed E-state index contributed by atoms with van der Waals surface area (Å²) >= 11 is 0. The molecule has 0 saturated heterocycles. The van der Waals surface area contributed by atoms with Crippen LogP contribution in [0, 0.1) is 6.92 Å². The Bertz CT molecular complexity index is 4350. The number of hydrogen-bond donors (Lipinski definition) is 0. The van der Waals surface area contributed by atoms with Gasteiger partial charge in [-0.2, -0.15) is 0 Å². The molecule has 2 atom stereocenters. The zero-order chi connectivity index (χ0) is 49.7. The molecule has 358 valence electrons. The number of anilines is 8. The molecule has 12 aromatic rings. The van der Waals surface area contributed by atoms with Crippen LogP contribution in [0.15, 0.2) is 221 Å². The number of benzene rings is 10. The molecule has 5 heterocycles. The molecule has 75 heavy (non-hydrogen) atoms. The minimum Gasteiger partial charge on any atom is -0.456 e. The van der Waals surface area contributed by atoms with Gasteiger partial charge < -0.3 is 23.5 Å². The van der Waals surface area contributed by atoms with E-state index in [-0.39, 0.29) is 17.7 Å². The van der Waals surface area contributed by atoms with Crippen LogP contribution in [0.25, 0.3) is 66.1 Å².